The highest BCUT2D eigenvalue weighted by Gasteiger charge is 2.39. The lowest BCUT2D eigenvalue weighted by atomic mass is 9.85. The molecule has 0 amide bonds. The molecular formula is C34H32O6. The maximum absolute atomic E-state index is 10.9. The van der Waals surface area contributed by atoms with Crippen molar-refractivity contribution >= 4 is 0 Å². The van der Waals surface area contributed by atoms with Gasteiger partial charge in [-0.15, -0.1) is 13.2 Å². The van der Waals surface area contributed by atoms with Crippen LogP contribution in [0.15, 0.2) is 86.0 Å². The maximum Gasteiger partial charge on any atom is 0.133 e. The zero-order chi connectivity index (χ0) is 28.6. The predicted molar refractivity (Wildman–Crippen MR) is 156 cm³/mol. The minimum Gasteiger partial charge on any atom is -0.508 e. The fourth-order valence-corrected chi connectivity index (χ4v) is 5.62. The molecule has 5 N–H and O–H groups in total. The van der Waals surface area contributed by atoms with Gasteiger partial charge in [0.2, 0.25) is 0 Å². The molecule has 0 spiro atoms. The summed E-state index contributed by atoms with van der Waals surface area (Å²) in [5.41, 5.74) is 5.83. The monoisotopic (exact) mass is 536 g/mol. The molecule has 40 heavy (non-hydrogen) atoms. The molecule has 204 valence electrons. The Morgan fingerprint density at radius 3 is 1.95 bits per heavy atom. The average Bonchev–Trinajstić information content (AvgIpc) is 3.29. The Morgan fingerprint density at radius 2 is 1.32 bits per heavy atom. The number of fused-ring (bicyclic) bond motifs is 1. The molecule has 6 nitrogen and oxygen atoms in total. The van der Waals surface area contributed by atoms with Crippen molar-refractivity contribution < 1.29 is 30.3 Å². The second kappa shape index (κ2) is 10.8. The topological polar surface area (TPSA) is 110 Å². The Hall–Kier alpha value is -4.68. The van der Waals surface area contributed by atoms with Crippen LogP contribution in [0.25, 0.3) is 22.3 Å². The highest BCUT2D eigenvalue weighted by Crippen LogP contribution is 2.54. The molecule has 0 unspecified atom stereocenters. The minimum atomic E-state index is -0.656. The number of rotatable bonds is 8. The van der Waals surface area contributed by atoms with Crippen molar-refractivity contribution in [1.29, 1.82) is 0 Å². The first-order valence-corrected chi connectivity index (χ1v) is 13.1. The SMILES string of the molecule is C=CCc1ccc(O)c(-c2cc(O)cc3c2O[C@H](c2ccc(O)c(-c4cc(CC=C)ccc4O)c2C)[C@H]3CO)c1. The molecule has 0 aliphatic carbocycles. The lowest BCUT2D eigenvalue weighted by Crippen LogP contribution is -2.15. The van der Waals surface area contributed by atoms with Crippen LogP contribution in [0.5, 0.6) is 28.7 Å². The predicted octanol–water partition coefficient (Wildman–Crippen LogP) is 6.82. The molecule has 1 aliphatic heterocycles. The molecule has 1 heterocycles. The van der Waals surface area contributed by atoms with E-state index in [0.717, 1.165) is 11.1 Å². The van der Waals surface area contributed by atoms with Crippen LogP contribution in [0.2, 0.25) is 0 Å². The highest BCUT2D eigenvalue weighted by atomic mass is 16.5. The van der Waals surface area contributed by atoms with Gasteiger partial charge >= 0.3 is 0 Å². The van der Waals surface area contributed by atoms with Crippen LogP contribution >= 0.6 is 0 Å². The van der Waals surface area contributed by atoms with Crippen molar-refractivity contribution in [3.63, 3.8) is 0 Å². The molecule has 0 bridgehead atoms. The van der Waals surface area contributed by atoms with E-state index in [2.05, 4.69) is 13.2 Å². The first kappa shape index (κ1) is 26.9. The fraction of sp³-hybridized carbons (Fsp3) is 0.176. The van der Waals surface area contributed by atoms with E-state index >= 15 is 0 Å². The van der Waals surface area contributed by atoms with Crippen molar-refractivity contribution in [2.75, 3.05) is 6.61 Å². The van der Waals surface area contributed by atoms with E-state index in [4.69, 9.17) is 4.74 Å². The van der Waals surface area contributed by atoms with Crippen molar-refractivity contribution in [2.45, 2.75) is 31.8 Å². The van der Waals surface area contributed by atoms with E-state index in [0.29, 0.717) is 57.5 Å². The molecule has 0 saturated carbocycles. The number of phenols is 4. The van der Waals surface area contributed by atoms with Gasteiger partial charge < -0.3 is 30.3 Å². The first-order chi connectivity index (χ1) is 19.3. The van der Waals surface area contributed by atoms with Crippen molar-refractivity contribution in [3.05, 3.63) is 114 Å². The fourth-order valence-electron chi connectivity index (χ4n) is 5.62. The van der Waals surface area contributed by atoms with Gasteiger partial charge in [-0.1, -0.05) is 30.4 Å². The van der Waals surface area contributed by atoms with Crippen LogP contribution in [0.3, 0.4) is 0 Å². The second-order valence-corrected chi connectivity index (χ2v) is 10.1. The summed E-state index contributed by atoms with van der Waals surface area (Å²) < 4.78 is 6.54. The number of phenolic OH excluding ortho intramolecular Hbond substituents is 4. The van der Waals surface area contributed by atoms with Gasteiger partial charge in [-0.25, -0.2) is 0 Å². The quantitative estimate of drug-likeness (QED) is 0.158. The van der Waals surface area contributed by atoms with E-state index in [1.165, 1.54) is 0 Å². The van der Waals surface area contributed by atoms with Crippen LogP contribution in [0.1, 0.15) is 39.8 Å². The Morgan fingerprint density at radius 1 is 0.725 bits per heavy atom. The number of allylic oxidation sites excluding steroid dienone is 2. The van der Waals surface area contributed by atoms with Crippen molar-refractivity contribution in [2.24, 2.45) is 0 Å². The highest BCUT2D eigenvalue weighted by molar-refractivity contribution is 5.82. The summed E-state index contributed by atoms with van der Waals surface area (Å²) in [6.07, 6.45) is 4.10. The summed E-state index contributed by atoms with van der Waals surface area (Å²) in [6.45, 7) is 9.15. The number of hydrogen-bond donors (Lipinski definition) is 5. The van der Waals surface area contributed by atoms with Crippen LogP contribution in [-0.4, -0.2) is 32.1 Å². The normalized spacial score (nSPS) is 15.8. The molecule has 1 aliphatic rings. The zero-order valence-corrected chi connectivity index (χ0v) is 22.3. The van der Waals surface area contributed by atoms with E-state index < -0.39 is 12.0 Å². The molecule has 2 atom stereocenters. The third kappa shape index (κ3) is 4.67. The first-order valence-electron chi connectivity index (χ1n) is 13.1. The Kier molecular flexibility index (Phi) is 7.28. The van der Waals surface area contributed by atoms with Crippen LogP contribution < -0.4 is 4.74 Å². The molecule has 4 aromatic rings. The van der Waals surface area contributed by atoms with Gasteiger partial charge in [-0.3, -0.25) is 0 Å². The van der Waals surface area contributed by atoms with Crippen LogP contribution in [0, 0.1) is 6.92 Å². The number of aromatic hydroxyl groups is 4. The standard InChI is InChI=1S/C34H32O6/c1-4-6-20-8-11-29(37)24(14-20)25-16-22(36)17-26-28(18-35)33(40-34(25)26)23-10-13-31(39)32(19(23)3)27-15-21(7-5-2)9-12-30(27)38/h4-5,8-17,28,33,35-39H,1-2,6-7,18H2,3H3/t28-,33+/m0/s1. The van der Waals surface area contributed by atoms with Gasteiger partial charge in [-0.2, -0.15) is 0 Å². The summed E-state index contributed by atoms with van der Waals surface area (Å²) >= 11 is 0. The van der Waals surface area contributed by atoms with Crippen LogP contribution in [-0.2, 0) is 12.8 Å². The second-order valence-electron chi connectivity index (χ2n) is 10.1. The third-order valence-electron chi connectivity index (χ3n) is 7.54. The maximum atomic E-state index is 10.9. The molecule has 4 aromatic carbocycles. The number of hydrogen-bond acceptors (Lipinski definition) is 6. The van der Waals surface area contributed by atoms with Crippen LogP contribution in [0.4, 0.5) is 0 Å². The van der Waals surface area contributed by atoms with Gasteiger partial charge in [0, 0.05) is 27.8 Å². The molecule has 6 heteroatoms. The zero-order valence-electron chi connectivity index (χ0n) is 22.3. The van der Waals surface area contributed by atoms with Crippen molar-refractivity contribution in [3.8, 4) is 51.0 Å². The summed E-state index contributed by atoms with van der Waals surface area (Å²) in [6, 6.07) is 16.9. The van der Waals surface area contributed by atoms with Crippen molar-refractivity contribution in [1.82, 2.24) is 0 Å². The average molecular weight is 537 g/mol. The number of ether oxygens (including phenoxy) is 1. The largest absolute Gasteiger partial charge is 0.508 e. The molecule has 5 rings (SSSR count). The van der Waals surface area contributed by atoms with E-state index in [-0.39, 0.29) is 29.6 Å². The molecule has 0 fully saturated rings. The summed E-state index contributed by atoms with van der Waals surface area (Å²) in [7, 11) is 0. The van der Waals surface area contributed by atoms with E-state index in [9.17, 15) is 25.5 Å². The smallest absolute Gasteiger partial charge is 0.133 e. The third-order valence-corrected chi connectivity index (χ3v) is 7.54. The summed E-state index contributed by atoms with van der Waals surface area (Å²) in [5.74, 6) is -0.0254. The lowest BCUT2D eigenvalue weighted by molar-refractivity contribution is 0.160. The van der Waals surface area contributed by atoms with Gasteiger partial charge in [0.15, 0.2) is 0 Å². The Balaban J connectivity index is 1.65. The summed E-state index contributed by atoms with van der Waals surface area (Å²) in [5, 5.41) is 53.5. The van der Waals surface area contributed by atoms with Gasteiger partial charge in [0.1, 0.15) is 34.9 Å². The Labute approximate surface area is 233 Å². The molecule has 0 saturated heterocycles. The van der Waals surface area contributed by atoms with Gasteiger partial charge in [0.25, 0.3) is 0 Å². The molecular weight excluding hydrogens is 504 g/mol. The minimum absolute atomic E-state index is 0.00523. The lowest BCUT2D eigenvalue weighted by Gasteiger charge is -2.22. The molecule has 0 radical (unpaired) electrons. The van der Waals surface area contributed by atoms with E-state index in [1.54, 1.807) is 48.6 Å². The van der Waals surface area contributed by atoms with Gasteiger partial charge in [-0.05, 0) is 84.5 Å². The number of benzene rings is 4. The molecule has 0 aromatic heterocycles. The van der Waals surface area contributed by atoms with Gasteiger partial charge in [0.05, 0.1) is 12.5 Å². The van der Waals surface area contributed by atoms with E-state index in [1.807, 2.05) is 31.2 Å². The Bertz CT molecular complexity index is 1620. The number of aliphatic hydroxyl groups excluding tert-OH is 1. The summed E-state index contributed by atoms with van der Waals surface area (Å²) in [4.78, 5) is 0. The number of aliphatic hydroxyl groups is 1.